The maximum Gasteiger partial charge on any atom is 0.257 e. The van der Waals surface area contributed by atoms with Gasteiger partial charge in [-0.05, 0) is 44.7 Å². The highest BCUT2D eigenvalue weighted by atomic mass is 16.5. The van der Waals surface area contributed by atoms with Crippen molar-refractivity contribution in [1.29, 1.82) is 0 Å². The van der Waals surface area contributed by atoms with Crippen LogP contribution in [0.3, 0.4) is 0 Å². The van der Waals surface area contributed by atoms with Gasteiger partial charge in [0.25, 0.3) is 5.91 Å². The molecule has 2 rings (SSSR count). The van der Waals surface area contributed by atoms with Crippen molar-refractivity contribution < 1.29 is 9.32 Å². The molecule has 21 heavy (non-hydrogen) atoms. The van der Waals surface area contributed by atoms with Crippen LogP contribution in [-0.2, 0) is 12.8 Å². The molecular formula is C17H22N2O2. The van der Waals surface area contributed by atoms with Gasteiger partial charge in [0, 0.05) is 6.04 Å². The highest BCUT2D eigenvalue weighted by Crippen LogP contribution is 2.15. The fourth-order valence-electron chi connectivity index (χ4n) is 2.47. The zero-order valence-corrected chi connectivity index (χ0v) is 13.1. The summed E-state index contributed by atoms with van der Waals surface area (Å²) < 4.78 is 5.12. The zero-order chi connectivity index (χ0) is 15.4. The van der Waals surface area contributed by atoms with Crippen molar-refractivity contribution in [2.24, 2.45) is 0 Å². The molecular weight excluding hydrogens is 264 g/mol. The van der Waals surface area contributed by atoms with Crippen LogP contribution in [0.25, 0.3) is 0 Å². The minimum atomic E-state index is -0.105. The van der Waals surface area contributed by atoms with Crippen LogP contribution in [0.15, 0.2) is 28.8 Å². The summed E-state index contributed by atoms with van der Waals surface area (Å²) >= 11 is 0. The second-order valence-electron chi connectivity index (χ2n) is 5.42. The number of amides is 1. The molecule has 1 aromatic heterocycles. The molecule has 1 amide bonds. The van der Waals surface area contributed by atoms with E-state index in [0.29, 0.717) is 23.4 Å². The number of carbonyl (C=O) groups excluding carboxylic acids is 1. The molecule has 0 unspecified atom stereocenters. The van der Waals surface area contributed by atoms with E-state index in [0.717, 1.165) is 6.42 Å². The molecule has 0 radical (unpaired) electrons. The molecule has 0 aliphatic rings. The third-order valence-corrected chi connectivity index (χ3v) is 3.66. The van der Waals surface area contributed by atoms with E-state index < -0.39 is 0 Å². The third-order valence-electron chi connectivity index (χ3n) is 3.66. The molecule has 2 aromatic rings. The summed E-state index contributed by atoms with van der Waals surface area (Å²) in [4.78, 5) is 12.4. The number of hydrogen-bond donors (Lipinski definition) is 1. The van der Waals surface area contributed by atoms with E-state index in [-0.39, 0.29) is 11.9 Å². The van der Waals surface area contributed by atoms with Crippen LogP contribution in [-0.4, -0.2) is 17.1 Å². The molecule has 1 atom stereocenters. The molecule has 1 N–H and O–H groups in total. The summed E-state index contributed by atoms with van der Waals surface area (Å²) in [6.45, 7) is 7.83. The van der Waals surface area contributed by atoms with Gasteiger partial charge < -0.3 is 9.84 Å². The molecule has 4 nitrogen and oxygen atoms in total. The van der Waals surface area contributed by atoms with E-state index in [1.165, 1.54) is 11.1 Å². The largest absolute Gasteiger partial charge is 0.361 e. The van der Waals surface area contributed by atoms with E-state index in [1.807, 2.05) is 26.0 Å². The van der Waals surface area contributed by atoms with Gasteiger partial charge in [0.05, 0.1) is 5.69 Å². The van der Waals surface area contributed by atoms with Gasteiger partial charge in [-0.25, -0.2) is 0 Å². The molecule has 0 spiro atoms. The van der Waals surface area contributed by atoms with Crippen LogP contribution in [0.4, 0.5) is 0 Å². The first kappa shape index (κ1) is 15.3. The van der Waals surface area contributed by atoms with Crippen molar-refractivity contribution >= 4 is 5.91 Å². The molecule has 0 saturated heterocycles. The first-order valence-corrected chi connectivity index (χ1v) is 7.33. The lowest BCUT2D eigenvalue weighted by molar-refractivity contribution is 0.0937. The van der Waals surface area contributed by atoms with Gasteiger partial charge in [0.15, 0.2) is 0 Å². The van der Waals surface area contributed by atoms with E-state index in [9.17, 15) is 4.79 Å². The number of rotatable bonds is 5. The van der Waals surface area contributed by atoms with Crippen molar-refractivity contribution in [3.8, 4) is 0 Å². The third kappa shape index (κ3) is 3.51. The predicted molar refractivity (Wildman–Crippen MR) is 82.4 cm³/mol. The minimum Gasteiger partial charge on any atom is -0.361 e. The highest BCUT2D eigenvalue weighted by molar-refractivity contribution is 5.96. The Morgan fingerprint density at radius 1 is 1.33 bits per heavy atom. The number of hydrogen-bond acceptors (Lipinski definition) is 3. The maximum absolute atomic E-state index is 12.4. The molecule has 1 aromatic carbocycles. The van der Waals surface area contributed by atoms with Crippen molar-refractivity contribution in [3.05, 3.63) is 52.4 Å². The summed E-state index contributed by atoms with van der Waals surface area (Å²) in [6.07, 6.45) is 1.50. The van der Waals surface area contributed by atoms with Gasteiger partial charge in [0.1, 0.15) is 11.3 Å². The summed E-state index contributed by atoms with van der Waals surface area (Å²) in [5.74, 6) is 0.471. The van der Waals surface area contributed by atoms with Crippen LogP contribution in [0.5, 0.6) is 0 Å². The molecule has 0 aliphatic heterocycles. The Kier molecular flexibility index (Phi) is 4.78. The number of aryl methyl sites for hydroxylation is 3. The first-order valence-electron chi connectivity index (χ1n) is 7.33. The van der Waals surface area contributed by atoms with Crippen molar-refractivity contribution in [2.45, 2.75) is 46.6 Å². The highest BCUT2D eigenvalue weighted by Gasteiger charge is 2.20. The molecule has 0 aliphatic carbocycles. The SMILES string of the molecule is CCc1noc(C)c1C(=O)N[C@@H](C)Cc1ccccc1C. The molecule has 112 valence electrons. The Bertz CT molecular complexity index is 631. The second-order valence-corrected chi connectivity index (χ2v) is 5.42. The summed E-state index contributed by atoms with van der Waals surface area (Å²) in [6, 6.07) is 8.29. The van der Waals surface area contributed by atoms with Gasteiger partial charge in [-0.2, -0.15) is 0 Å². The first-order chi connectivity index (χ1) is 10.0. The Labute approximate surface area is 125 Å². The molecule has 4 heteroatoms. The fourth-order valence-corrected chi connectivity index (χ4v) is 2.47. The molecule has 0 bridgehead atoms. The van der Waals surface area contributed by atoms with Gasteiger partial charge in [-0.15, -0.1) is 0 Å². The van der Waals surface area contributed by atoms with Gasteiger partial charge in [0.2, 0.25) is 0 Å². The average Bonchev–Trinajstić information content (AvgIpc) is 2.82. The maximum atomic E-state index is 12.4. The van der Waals surface area contributed by atoms with Crippen LogP contribution < -0.4 is 5.32 Å². The van der Waals surface area contributed by atoms with E-state index in [1.54, 1.807) is 6.92 Å². The minimum absolute atomic E-state index is 0.0533. The number of carbonyl (C=O) groups is 1. The van der Waals surface area contributed by atoms with Gasteiger partial charge >= 0.3 is 0 Å². The molecule has 1 heterocycles. The van der Waals surface area contributed by atoms with Gasteiger partial charge in [-0.3, -0.25) is 4.79 Å². The lowest BCUT2D eigenvalue weighted by atomic mass is 10.0. The number of nitrogens with one attached hydrogen (secondary N) is 1. The number of nitrogens with zero attached hydrogens (tertiary/aromatic N) is 1. The van der Waals surface area contributed by atoms with E-state index in [2.05, 4.69) is 29.5 Å². The second kappa shape index (κ2) is 6.57. The Morgan fingerprint density at radius 3 is 2.71 bits per heavy atom. The number of aromatic nitrogens is 1. The summed E-state index contributed by atoms with van der Waals surface area (Å²) in [5, 5.41) is 6.96. The smallest absolute Gasteiger partial charge is 0.257 e. The molecule has 0 saturated carbocycles. The standard InChI is InChI=1S/C17H22N2O2/c1-5-15-16(13(4)21-19-15)17(20)18-12(3)10-14-9-7-6-8-11(14)2/h6-9,12H,5,10H2,1-4H3,(H,18,20)/t12-/m0/s1. The van der Waals surface area contributed by atoms with Crippen molar-refractivity contribution in [1.82, 2.24) is 10.5 Å². The molecule has 0 fully saturated rings. The van der Waals surface area contributed by atoms with Crippen molar-refractivity contribution in [2.75, 3.05) is 0 Å². The lowest BCUT2D eigenvalue weighted by Crippen LogP contribution is -2.34. The predicted octanol–water partition coefficient (Wildman–Crippen LogP) is 3.21. The van der Waals surface area contributed by atoms with Crippen LogP contribution in [0.2, 0.25) is 0 Å². The zero-order valence-electron chi connectivity index (χ0n) is 13.1. The van der Waals surface area contributed by atoms with E-state index >= 15 is 0 Å². The fraction of sp³-hybridized carbons (Fsp3) is 0.412. The number of benzene rings is 1. The topological polar surface area (TPSA) is 55.1 Å². The van der Waals surface area contributed by atoms with Crippen molar-refractivity contribution in [3.63, 3.8) is 0 Å². The lowest BCUT2D eigenvalue weighted by Gasteiger charge is -2.15. The van der Waals surface area contributed by atoms with Gasteiger partial charge in [-0.1, -0.05) is 36.3 Å². The average molecular weight is 286 g/mol. The summed E-state index contributed by atoms with van der Waals surface area (Å²) in [7, 11) is 0. The summed E-state index contributed by atoms with van der Waals surface area (Å²) in [5.41, 5.74) is 3.79. The van der Waals surface area contributed by atoms with E-state index in [4.69, 9.17) is 4.52 Å². The Balaban J connectivity index is 2.06. The quantitative estimate of drug-likeness (QED) is 0.918. The van der Waals surface area contributed by atoms with Crippen LogP contribution >= 0.6 is 0 Å². The normalized spacial score (nSPS) is 12.2. The van der Waals surface area contributed by atoms with Crippen LogP contribution in [0.1, 0.15) is 46.8 Å². The van der Waals surface area contributed by atoms with Crippen LogP contribution in [0, 0.1) is 13.8 Å². The Hall–Kier alpha value is -2.10. The Morgan fingerprint density at radius 2 is 2.05 bits per heavy atom. The monoisotopic (exact) mass is 286 g/mol.